The minimum absolute atomic E-state index is 0.00251. The fraction of sp³-hybridized carbons (Fsp3) is 0.207. The van der Waals surface area contributed by atoms with Crippen molar-refractivity contribution in [3.8, 4) is 5.75 Å². The van der Waals surface area contributed by atoms with Gasteiger partial charge in [0.15, 0.2) is 9.84 Å². The quantitative estimate of drug-likeness (QED) is 0.307. The van der Waals surface area contributed by atoms with Crippen molar-refractivity contribution < 1.29 is 27.1 Å². The lowest BCUT2D eigenvalue weighted by atomic mass is 9.93. The van der Waals surface area contributed by atoms with Crippen molar-refractivity contribution in [2.75, 3.05) is 0 Å². The van der Waals surface area contributed by atoms with E-state index in [1.165, 1.54) is 31.2 Å². The molecule has 5 rings (SSSR count). The van der Waals surface area contributed by atoms with Gasteiger partial charge in [0.2, 0.25) is 0 Å². The van der Waals surface area contributed by atoms with E-state index in [0.717, 1.165) is 34.3 Å². The topological polar surface area (TPSA) is 114 Å². The molecule has 3 aromatic carbocycles. The fourth-order valence-electron chi connectivity index (χ4n) is 4.74. The van der Waals surface area contributed by atoms with Crippen LogP contribution in [0.25, 0.3) is 10.9 Å². The first-order valence-electron chi connectivity index (χ1n) is 12.3. The van der Waals surface area contributed by atoms with Crippen molar-refractivity contribution in [3.63, 3.8) is 0 Å². The lowest BCUT2D eigenvalue weighted by Gasteiger charge is -2.27. The monoisotopic (exact) mass is 547 g/mol. The van der Waals surface area contributed by atoms with Gasteiger partial charge in [-0.05, 0) is 67.9 Å². The van der Waals surface area contributed by atoms with Crippen molar-refractivity contribution in [1.29, 1.82) is 0 Å². The molecule has 1 aliphatic heterocycles. The second-order valence-electron chi connectivity index (χ2n) is 9.73. The molecule has 2 heterocycles. The summed E-state index contributed by atoms with van der Waals surface area (Å²) < 4.78 is 47.2. The summed E-state index contributed by atoms with van der Waals surface area (Å²) in [6.07, 6.45) is -0.245. The Labute approximate surface area is 225 Å². The zero-order chi connectivity index (χ0) is 27.8. The van der Waals surface area contributed by atoms with E-state index in [-0.39, 0.29) is 17.9 Å². The maximum absolute atomic E-state index is 13.8. The van der Waals surface area contributed by atoms with Crippen LogP contribution in [0.15, 0.2) is 83.8 Å². The summed E-state index contributed by atoms with van der Waals surface area (Å²) in [6, 6.07) is 20.1. The van der Waals surface area contributed by atoms with Gasteiger partial charge in [-0.1, -0.05) is 30.3 Å². The summed E-state index contributed by atoms with van der Waals surface area (Å²) in [5.41, 5.74) is 1.52. The van der Waals surface area contributed by atoms with Crippen LogP contribution in [0, 0.1) is 12.7 Å². The minimum atomic E-state index is -4.07. The van der Waals surface area contributed by atoms with Gasteiger partial charge in [0.1, 0.15) is 23.7 Å². The highest BCUT2D eigenvalue weighted by Gasteiger charge is 2.46. The van der Waals surface area contributed by atoms with Gasteiger partial charge < -0.3 is 10.1 Å². The predicted molar refractivity (Wildman–Crippen MR) is 143 cm³/mol. The van der Waals surface area contributed by atoms with Gasteiger partial charge in [0.05, 0.1) is 15.7 Å². The average Bonchev–Trinajstić information content (AvgIpc) is 3.17. The maximum atomic E-state index is 13.8. The Hall–Kier alpha value is -4.31. The fourth-order valence-corrected chi connectivity index (χ4v) is 6.66. The van der Waals surface area contributed by atoms with E-state index in [4.69, 9.17) is 4.74 Å². The predicted octanol–water partition coefficient (Wildman–Crippen LogP) is 4.76. The van der Waals surface area contributed by atoms with Gasteiger partial charge in [0, 0.05) is 23.1 Å². The van der Waals surface area contributed by atoms with Crippen LogP contribution in [0.3, 0.4) is 0 Å². The number of urea groups is 1. The number of imide groups is 1. The van der Waals surface area contributed by atoms with E-state index in [9.17, 15) is 22.4 Å². The Morgan fingerprint density at radius 3 is 2.36 bits per heavy atom. The zero-order valence-electron chi connectivity index (χ0n) is 21.3. The number of fused-ring (bicyclic) bond motifs is 1. The van der Waals surface area contributed by atoms with Crippen molar-refractivity contribution in [1.82, 2.24) is 15.6 Å². The number of amides is 3. The summed E-state index contributed by atoms with van der Waals surface area (Å²) in [5.74, 6) is -0.677. The molecule has 1 aliphatic rings. The third-order valence-electron chi connectivity index (χ3n) is 6.80. The number of aryl methyl sites for hydroxylation is 1. The van der Waals surface area contributed by atoms with E-state index in [0.29, 0.717) is 11.3 Å². The number of nitrogens with zero attached hydrogens (tertiary/aromatic N) is 1. The Kier molecular flexibility index (Phi) is 6.82. The summed E-state index contributed by atoms with van der Waals surface area (Å²) in [7, 11) is -4.07. The molecule has 10 heteroatoms. The molecule has 0 saturated carbocycles. The van der Waals surface area contributed by atoms with Crippen LogP contribution in [-0.2, 0) is 21.2 Å². The number of carbonyl (C=O) groups is 2. The van der Waals surface area contributed by atoms with Gasteiger partial charge in [-0.3, -0.25) is 15.1 Å². The number of sulfone groups is 1. The van der Waals surface area contributed by atoms with E-state index in [1.807, 2.05) is 37.3 Å². The number of carbonyl (C=O) groups excluding carboxylic acids is 2. The van der Waals surface area contributed by atoms with Crippen LogP contribution in [0.4, 0.5) is 9.18 Å². The second kappa shape index (κ2) is 10.1. The van der Waals surface area contributed by atoms with Crippen LogP contribution in [0.5, 0.6) is 5.75 Å². The molecule has 1 fully saturated rings. The number of hydrogen-bond acceptors (Lipinski definition) is 6. The summed E-state index contributed by atoms with van der Waals surface area (Å²) in [4.78, 5) is 28.8. The minimum Gasteiger partial charge on any atom is -0.489 e. The largest absolute Gasteiger partial charge is 0.489 e. The number of ether oxygens (including phenoxy) is 1. The SMILES string of the molecule is Cc1cc(COc2ccc(S(=O)(=O)C(CC3(C)NC(=O)NC3=O)c3ccc(F)cc3)cc2)c2ccccc2n1. The molecule has 200 valence electrons. The van der Waals surface area contributed by atoms with Crippen molar-refractivity contribution in [3.05, 3.63) is 102 Å². The molecule has 0 aliphatic carbocycles. The lowest BCUT2D eigenvalue weighted by Crippen LogP contribution is -2.45. The first-order valence-corrected chi connectivity index (χ1v) is 13.8. The molecule has 2 unspecified atom stereocenters. The third kappa shape index (κ3) is 5.33. The van der Waals surface area contributed by atoms with Crippen LogP contribution in [0.2, 0.25) is 0 Å². The van der Waals surface area contributed by atoms with Gasteiger partial charge in [0.25, 0.3) is 5.91 Å². The molecule has 0 radical (unpaired) electrons. The number of halogens is 1. The Morgan fingerprint density at radius 1 is 1.00 bits per heavy atom. The second-order valence-corrected chi connectivity index (χ2v) is 11.9. The highest BCUT2D eigenvalue weighted by Crippen LogP contribution is 2.37. The zero-order valence-corrected chi connectivity index (χ0v) is 22.1. The lowest BCUT2D eigenvalue weighted by molar-refractivity contribution is -0.123. The summed E-state index contributed by atoms with van der Waals surface area (Å²) in [6.45, 7) is 3.64. The smallest absolute Gasteiger partial charge is 0.322 e. The number of benzene rings is 3. The normalized spacial score (nSPS) is 18.0. The number of rotatable bonds is 8. The molecule has 39 heavy (non-hydrogen) atoms. The molecule has 2 atom stereocenters. The van der Waals surface area contributed by atoms with Gasteiger partial charge in [-0.25, -0.2) is 17.6 Å². The van der Waals surface area contributed by atoms with E-state index in [2.05, 4.69) is 15.6 Å². The maximum Gasteiger partial charge on any atom is 0.322 e. The highest BCUT2D eigenvalue weighted by molar-refractivity contribution is 7.91. The number of para-hydroxylation sites is 1. The van der Waals surface area contributed by atoms with Crippen molar-refractivity contribution >= 4 is 32.7 Å². The van der Waals surface area contributed by atoms with Crippen LogP contribution >= 0.6 is 0 Å². The Bertz CT molecular complexity index is 1670. The highest BCUT2D eigenvalue weighted by atomic mass is 32.2. The van der Waals surface area contributed by atoms with Gasteiger partial charge in [-0.15, -0.1) is 0 Å². The number of nitrogens with one attached hydrogen (secondary N) is 2. The van der Waals surface area contributed by atoms with E-state index < -0.39 is 38.4 Å². The molecule has 0 bridgehead atoms. The molecule has 4 aromatic rings. The van der Waals surface area contributed by atoms with Crippen LogP contribution in [0.1, 0.15) is 35.4 Å². The summed E-state index contributed by atoms with van der Waals surface area (Å²) in [5, 5.41) is 4.40. The molecular weight excluding hydrogens is 521 g/mol. The Balaban J connectivity index is 1.41. The van der Waals surface area contributed by atoms with Gasteiger partial charge in [-0.2, -0.15) is 0 Å². The first-order chi connectivity index (χ1) is 18.5. The molecule has 0 spiro atoms. The molecule has 8 nitrogen and oxygen atoms in total. The van der Waals surface area contributed by atoms with Crippen molar-refractivity contribution in [2.45, 2.75) is 42.6 Å². The number of aromatic nitrogens is 1. The standard InChI is InChI=1S/C29H26FN3O5S/c1-18-15-20(24-5-3-4-6-25(24)31-18)17-38-22-11-13-23(14-12-22)39(36,37)26(19-7-9-21(30)10-8-19)16-29(2)27(34)32-28(35)33-29/h3-15,26H,16-17H2,1-2H3,(H2,32,33,34,35). The van der Waals surface area contributed by atoms with Crippen molar-refractivity contribution in [2.24, 2.45) is 0 Å². The molecule has 1 aromatic heterocycles. The summed E-state index contributed by atoms with van der Waals surface area (Å²) >= 11 is 0. The molecule has 1 saturated heterocycles. The van der Waals surface area contributed by atoms with Crippen LogP contribution < -0.4 is 15.4 Å². The number of pyridine rings is 1. The third-order valence-corrected chi connectivity index (χ3v) is 8.92. The Morgan fingerprint density at radius 2 is 1.69 bits per heavy atom. The van der Waals surface area contributed by atoms with E-state index in [1.54, 1.807) is 12.1 Å². The van der Waals surface area contributed by atoms with Gasteiger partial charge >= 0.3 is 6.03 Å². The van der Waals surface area contributed by atoms with Crippen LogP contribution in [-0.4, -0.2) is 30.9 Å². The molecule has 3 amide bonds. The molecular formula is C29H26FN3O5S. The number of hydrogen-bond donors (Lipinski definition) is 2. The molecule has 2 N–H and O–H groups in total. The first kappa shape index (κ1) is 26.3. The van der Waals surface area contributed by atoms with E-state index >= 15 is 0 Å². The average molecular weight is 548 g/mol.